The van der Waals surface area contributed by atoms with Gasteiger partial charge in [-0.25, -0.2) is 13.3 Å². The number of hydrogen-bond donors (Lipinski definition) is 2. The molecule has 3 fully saturated rings. The van der Waals surface area contributed by atoms with Crippen LogP contribution in [0.2, 0.25) is 5.31 Å². The van der Waals surface area contributed by atoms with Crippen LogP contribution in [0.1, 0.15) is 44.7 Å². The van der Waals surface area contributed by atoms with Crippen molar-refractivity contribution >= 4 is 71.2 Å². The molecule has 13 heteroatoms. The average molecular weight is 656 g/mol. The summed E-state index contributed by atoms with van der Waals surface area (Å²) < 4.78 is 38.7. The minimum absolute atomic E-state index is 0.0971. The van der Waals surface area contributed by atoms with Gasteiger partial charge in [0, 0.05) is 37.5 Å². The minimum atomic E-state index is -2.63. The molecule has 0 spiro atoms. The molecule has 4 heterocycles. The van der Waals surface area contributed by atoms with Crippen LogP contribution < -0.4 is 15.0 Å². The normalized spacial score (nSPS) is 34.8. The van der Waals surface area contributed by atoms with E-state index in [0.29, 0.717) is 30.3 Å². The number of pyridine rings is 1. The van der Waals surface area contributed by atoms with E-state index in [4.69, 9.17) is 30.2 Å². The largest absolute Gasteiger partial charge is 0.489 e. The molecule has 0 amide bonds. The number of nitrogens with one attached hydrogen (secondary N) is 1. The summed E-state index contributed by atoms with van der Waals surface area (Å²) in [6.45, 7) is 5.43. The maximum absolute atomic E-state index is 13.8. The second kappa shape index (κ2) is 8.58. The molecule has 2 unspecified atom stereocenters. The highest BCUT2D eigenvalue weighted by molar-refractivity contribution is 14.1. The van der Waals surface area contributed by atoms with E-state index in [2.05, 4.69) is 48.3 Å². The highest BCUT2D eigenvalue weighted by Crippen LogP contribution is 2.66. The first kappa shape index (κ1) is 25.9. The van der Waals surface area contributed by atoms with Crippen LogP contribution in [0.3, 0.4) is 0 Å². The Labute approximate surface area is 239 Å². The Morgan fingerprint density at radius 3 is 2.76 bits per heavy atom. The van der Waals surface area contributed by atoms with Crippen LogP contribution in [0.25, 0.3) is 5.65 Å². The molecule has 3 aromatic heterocycles. The van der Waals surface area contributed by atoms with Gasteiger partial charge in [0.2, 0.25) is 11.9 Å². The van der Waals surface area contributed by atoms with Crippen LogP contribution in [0.5, 0.6) is 5.75 Å². The van der Waals surface area contributed by atoms with E-state index in [-0.39, 0.29) is 19.4 Å². The van der Waals surface area contributed by atoms with Gasteiger partial charge < -0.3 is 15.0 Å². The Morgan fingerprint density at radius 1 is 1.27 bits per heavy atom. The van der Waals surface area contributed by atoms with Gasteiger partial charge in [0.25, 0.3) is 0 Å². The summed E-state index contributed by atoms with van der Waals surface area (Å²) in [6, 6.07) is 5.71. The van der Waals surface area contributed by atoms with Crippen molar-refractivity contribution < 1.29 is 13.5 Å². The van der Waals surface area contributed by atoms with Crippen molar-refractivity contribution in [1.82, 2.24) is 19.0 Å². The van der Waals surface area contributed by atoms with E-state index in [1.165, 1.54) is 11.5 Å². The molecule has 7 nitrogen and oxygen atoms in total. The highest BCUT2D eigenvalue weighted by Gasteiger charge is 2.67. The van der Waals surface area contributed by atoms with Crippen molar-refractivity contribution in [3.63, 3.8) is 0 Å². The molecule has 3 aliphatic rings. The standard InChI is InChI=1S/C24H28BF2IN6OS2/c1-15-10-17(37-32-15)33-12-21(25)6-7-22(36,13-33)24(21,28)30-19-29-18-16(4-3-9-34(18)31-19)35-14-20(2)5-8-23(26,27)11-20/h3-4,9-10,36H,5-8,11-14H2,1-2H3,(H,30,31)/t20?,21-,22?,24+/m0/s1. The third-order valence-electron chi connectivity index (χ3n) is 8.13. The number of piperidine rings is 1. The molecule has 6 rings (SSSR count). The lowest BCUT2D eigenvalue weighted by Crippen LogP contribution is -2.65. The van der Waals surface area contributed by atoms with Crippen LogP contribution in [0.4, 0.5) is 19.7 Å². The molecule has 4 atom stereocenters. The lowest BCUT2D eigenvalue weighted by Gasteiger charge is -2.55. The first-order valence-electron chi connectivity index (χ1n) is 12.4. The number of rotatable bonds is 6. The number of aryl methyl sites for hydroxylation is 1. The van der Waals surface area contributed by atoms with Gasteiger partial charge in [-0.15, -0.1) is 5.10 Å². The van der Waals surface area contributed by atoms with Crippen LogP contribution >= 0.6 is 46.8 Å². The molecule has 1 saturated heterocycles. The zero-order chi connectivity index (χ0) is 26.3. The van der Waals surface area contributed by atoms with Gasteiger partial charge in [-0.3, -0.25) is 0 Å². The van der Waals surface area contributed by atoms with Crippen molar-refractivity contribution in [3.8, 4) is 5.75 Å². The molecule has 37 heavy (non-hydrogen) atoms. The van der Waals surface area contributed by atoms with Crippen molar-refractivity contribution in [2.24, 2.45) is 5.41 Å². The molecule has 3 aromatic rings. The van der Waals surface area contributed by atoms with Crippen LogP contribution in [0, 0.1) is 12.3 Å². The van der Waals surface area contributed by atoms with E-state index in [9.17, 15) is 8.78 Å². The predicted molar refractivity (Wildman–Crippen MR) is 154 cm³/mol. The smallest absolute Gasteiger partial charge is 0.248 e. The summed E-state index contributed by atoms with van der Waals surface area (Å²) in [4.78, 5) is 7.03. The fourth-order valence-corrected chi connectivity index (χ4v) is 8.53. The molecular weight excluding hydrogens is 628 g/mol. The number of thiol groups is 1. The van der Waals surface area contributed by atoms with Gasteiger partial charge in [-0.1, -0.05) is 29.5 Å². The Morgan fingerprint density at radius 2 is 2.08 bits per heavy atom. The number of alkyl halides is 3. The van der Waals surface area contributed by atoms with Gasteiger partial charge >= 0.3 is 0 Å². The second-order valence-electron chi connectivity index (χ2n) is 11.3. The van der Waals surface area contributed by atoms with E-state index in [1.54, 1.807) is 16.8 Å². The predicted octanol–water partition coefficient (Wildman–Crippen LogP) is 5.55. The van der Waals surface area contributed by atoms with Crippen LogP contribution in [-0.4, -0.2) is 60.7 Å². The third kappa shape index (κ3) is 4.30. The van der Waals surface area contributed by atoms with E-state index in [1.807, 2.05) is 19.9 Å². The van der Waals surface area contributed by atoms with Crippen molar-refractivity contribution in [1.29, 1.82) is 0 Å². The number of halogens is 3. The first-order chi connectivity index (χ1) is 17.3. The Hall–Kier alpha value is -1.35. The molecule has 2 aliphatic carbocycles. The molecular formula is C24H28BF2IN6OS2. The van der Waals surface area contributed by atoms with E-state index in [0.717, 1.165) is 30.1 Å². The number of ether oxygens (including phenoxy) is 1. The van der Waals surface area contributed by atoms with Gasteiger partial charge in [-0.2, -0.15) is 22.0 Å². The fourth-order valence-electron chi connectivity index (χ4n) is 6.08. The summed E-state index contributed by atoms with van der Waals surface area (Å²) in [5.74, 6) is -1.68. The summed E-state index contributed by atoms with van der Waals surface area (Å²) in [7, 11) is 7.10. The molecule has 0 aromatic carbocycles. The van der Waals surface area contributed by atoms with Gasteiger partial charge in [0.1, 0.15) is 8.55 Å². The van der Waals surface area contributed by atoms with Gasteiger partial charge in [0.05, 0.1) is 24.9 Å². The number of fused-ring (bicyclic) bond motifs is 3. The maximum atomic E-state index is 13.8. The monoisotopic (exact) mass is 656 g/mol. The highest BCUT2D eigenvalue weighted by atomic mass is 127. The summed E-state index contributed by atoms with van der Waals surface area (Å²) in [5.41, 5.74) is 0.957. The van der Waals surface area contributed by atoms with Crippen LogP contribution in [0.15, 0.2) is 24.4 Å². The fraction of sp³-hybridized carbons (Fsp3) is 0.625. The first-order valence-corrected chi connectivity index (χ1v) is 14.7. The third-order valence-corrected chi connectivity index (χ3v) is 12.6. The number of nitrogens with zero attached hydrogens (tertiary/aromatic N) is 5. The quantitative estimate of drug-likeness (QED) is 0.119. The Balaban J connectivity index is 1.24. The molecule has 2 saturated carbocycles. The number of aromatic nitrogens is 4. The lowest BCUT2D eigenvalue weighted by atomic mass is 9.62. The van der Waals surface area contributed by atoms with Crippen molar-refractivity contribution in [2.75, 3.05) is 29.9 Å². The topological polar surface area (TPSA) is 67.6 Å². The van der Waals surface area contributed by atoms with Crippen molar-refractivity contribution in [3.05, 3.63) is 30.1 Å². The Bertz CT molecular complexity index is 1340. The molecule has 2 bridgehead atoms. The minimum Gasteiger partial charge on any atom is -0.489 e. The van der Waals surface area contributed by atoms with E-state index < -0.39 is 24.9 Å². The zero-order valence-corrected chi connectivity index (χ0v) is 24.5. The summed E-state index contributed by atoms with van der Waals surface area (Å²) >= 11 is 9.11. The average Bonchev–Trinajstić information content (AvgIpc) is 3.52. The summed E-state index contributed by atoms with van der Waals surface area (Å²) in [6.07, 6.45) is 3.62. The molecule has 196 valence electrons. The lowest BCUT2D eigenvalue weighted by molar-refractivity contribution is -0.00715. The molecule has 2 radical (unpaired) electrons. The van der Waals surface area contributed by atoms with Gasteiger partial charge in [0.15, 0.2) is 11.4 Å². The zero-order valence-electron chi connectivity index (χ0n) is 20.7. The Kier molecular flexibility index (Phi) is 6.00. The maximum Gasteiger partial charge on any atom is 0.248 e. The summed E-state index contributed by atoms with van der Waals surface area (Å²) in [5, 5.41) is 8.73. The SMILES string of the molecule is [B][C@@]12CCC(S)(CN(c3cc(C)ns3)C1)[C@]2(I)Nc1nc2c(OCC3(C)CCC(F)(F)C3)cccn2n1. The number of hydrogen-bond acceptors (Lipinski definition) is 8. The molecule has 1 N–H and O–H groups in total. The second-order valence-corrected chi connectivity index (χ2v) is 14.6. The number of anilines is 2. The van der Waals surface area contributed by atoms with Gasteiger partial charge in [-0.05, 0) is 61.2 Å². The van der Waals surface area contributed by atoms with Crippen molar-refractivity contribution in [2.45, 2.75) is 65.5 Å². The van der Waals surface area contributed by atoms with Crippen LogP contribution in [-0.2, 0) is 0 Å². The molecule has 1 aliphatic heterocycles. The van der Waals surface area contributed by atoms with E-state index >= 15 is 0 Å².